The number of rotatable bonds is 0. The van der Waals surface area contributed by atoms with E-state index in [0.717, 1.165) is 0 Å². The van der Waals surface area contributed by atoms with E-state index in [0.29, 0.717) is 0 Å². The Morgan fingerprint density at radius 1 is 0.632 bits per heavy atom. The quantitative estimate of drug-likeness (QED) is 0.486. The zero-order valence-corrected chi connectivity index (χ0v) is 16.0. The second kappa shape index (κ2) is 8.97. The standard InChI is InChI=1S/2C8H11P.Ru/c2*1-6-4-3-5-8(9)7(6)2;/h2*3-5H,9H2,1-2H3;. The summed E-state index contributed by atoms with van der Waals surface area (Å²) >= 11 is 0. The summed E-state index contributed by atoms with van der Waals surface area (Å²) in [4.78, 5) is 0. The smallest absolute Gasteiger partial charge is 0 e. The number of hydrogen-bond donors (Lipinski definition) is 0. The van der Waals surface area contributed by atoms with Crippen molar-refractivity contribution in [3.05, 3.63) is 58.7 Å². The molecule has 3 heteroatoms. The van der Waals surface area contributed by atoms with Crippen molar-refractivity contribution in [2.45, 2.75) is 27.7 Å². The van der Waals surface area contributed by atoms with Crippen LogP contribution in [0.5, 0.6) is 0 Å². The summed E-state index contributed by atoms with van der Waals surface area (Å²) in [6.45, 7) is 8.53. The van der Waals surface area contributed by atoms with Crippen LogP contribution in [-0.2, 0) is 19.5 Å². The van der Waals surface area contributed by atoms with E-state index in [-0.39, 0.29) is 19.5 Å². The monoisotopic (exact) mass is 378 g/mol. The maximum absolute atomic E-state index is 2.72. The first-order chi connectivity index (χ1) is 8.43. The predicted molar refractivity (Wildman–Crippen MR) is 90.5 cm³/mol. The topological polar surface area (TPSA) is 0 Å². The van der Waals surface area contributed by atoms with Crippen LogP contribution in [0.2, 0.25) is 0 Å². The molecule has 0 saturated heterocycles. The molecule has 2 aromatic carbocycles. The van der Waals surface area contributed by atoms with Crippen LogP contribution in [0, 0.1) is 27.7 Å². The van der Waals surface area contributed by atoms with Gasteiger partial charge in [0.2, 0.25) is 0 Å². The Bertz CT molecular complexity index is 446. The molecule has 2 atom stereocenters. The summed E-state index contributed by atoms with van der Waals surface area (Å²) in [6.07, 6.45) is 0. The molecule has 19 heavy (non-hydrogen) atoms. The fraction of sp³-hybridized carbons (Fsp3) is 0.250. The molecule has 104 valence electrons. The van der Waals surface area contributed by atoms with E-state index in [1.165, 1.54) is 32.9 Å². The Morgan fingerprint density at radius 3 is 1.16 bits per heavy atom. The normalized spacial score (nSPS) is 9.16. The predicted octanol–water partition coefficient (Wildman–Crippen LogP) is 3.61. The molecule has 0 aliphatic rings. The van der Waals surface area contributed by atoms with Crippen LogP contribution < -0.4 is 10.6 Å². The van der Waals surface area contributed by atoms with Gasteiger partial charge in [0.05, 0.1) is 0 Å². The van der Waals surface area contributed by atoms with Crippen LogP contribution in [-0.4, -0.2) is 0 Å². The van der Waals surface area contributed by atoms with Gasteiger partial charge in [-0.05, 0) is 60.6 Å². The molecule has 0 spiro atoms. The molecule has 0 aliphatic carbocycles. The van der Waals surface area contributed by atoms with Crippen molar-refractivity contribution in [2.75, 3.05) is 0 Å². The zero-order chi connectivity index (χ0) is 13.7. The molecule has 0 radical (unpaired) electrons. The minimum atomic E-state index is 0. The Labute approximate surface area is 134 Å². The average Bonchev–Trinajstić information content (AvgIpc) is 2.34. The van der Waals surface area contributed by atoms with Gasteiger partial charge in [0.25, 0.3) is 0 Å². The molecule has 0 aromatic heterocycles. The molecule has 0 aliphatic heterocycles. The van der Waals surface area contributed by atoms with E-state index in [1.54, 1.807) is 0 Å². The Hall–Kier alpha value is -0.0766. The minimum absolute atomic E-state index is 0. The van der Waals surface area contributed by atoms with Crippen molar-refractivity contribution >= 4 is 29.1 Å². The maximum Gasteiger partial charge on any atom is 0 e. The second-order valence-corrected chi connectivity index (χ2v) is 5.82. The molecule has 0 bridgehead atoms. The second-order valence-electron chi connectivity index (χ2n) is 4.58. The van der Waals surface area contributed by atoms with Crippen molar-refractivity contribution in [1.82, 2.24) is 0 Å². The Morgan fingerprint density at radius 2 is 0.947 bits per heavy atom. The van der Waals surface area contributed by atoms with Gasteiger partial charge in [-0.2, -0.15) is 0 Å². The van der Waals surface area contributed by atoms with Crippen molar-refractivity contribution in [3.8, 4) is 0 Å². The number of aryl methyl sites for hydroxylation is 2. The maximum atomic E-state index is 2.72. The van der Waals surface area contributed by atoms with Gasteiger partial charge in [-0.25, -0.2) is 0 Å². The molecule has 0 fully saturated rings. The minimum Gasteiger partial charge on any atom is -0.105 e. The molecule has 2 rings (SSSR count). The molecule has 2 unspecified atom stereocenters. The van der Waals surface area contributed by atoms with Gasteiger partial charge in [0.15, 0.2) is 0 Å². The van der Waals surface area contributed by atoms with Crippen LogP contribution in [0.3, 0.4) is 0 Å². The van der Waals surface area contributed by atoms with E-state index in [4.69, 9.17) is 0 Å². The third-order valence-electron chi connectivity index (χ3n) is 3.29. The van der Waals surface area contributed by atoms with Gasteiger partial charge in [0.1, 0.15) is 0 Å². The van der Waals surface area contributed by atoms with Crippen molar-refractivity contribution in [1.29, 1.82) is 0 Å². The summed E-state index contributed by atoms with van der Waals surface area (Å²) in [6, 6.07) is 12.6. The van der Waals surface area contributed by atoms with Gasteiger partial charge < -0.3 is 0 Å². The summed E-state index contributed by atoms with van der Waals surface area (Å²) in [5.41, 5.74) is 5.48. The summed E-state index contributed by atoms with van der Waals surface area (Å²) in [7, 11) is 5.44. The average molecular weight is 377 g/mol. The van der Waals surface area contributed by atoms with E-state index in [1.807, 2.05) is 0 Å². The van der Waals surface area contributed by atoms with Crippen LogP contribution in [0.1, 0.15) is 22.3 Å². The van der Waals surface area contributed by atoms with E-state index < -0.39 is 0 Å². The molecule has 0 amide bonds. The van der Waals surface area contributed by atoms with Crippen LogP contribution in [0.25, 0.3) is 0 Å². The first-order valence-electron chi connectivity index (χ1n) is 6.07. The number of benzene rings is 2. The van der Waals surface area contributed by atoms with Gasteiger partial charge >= 0.3 is 0 Å². The Kier molecular flexibility index (Phi) is 8.93. The van der Waals surface area contributed by atoms with Crippen molar-refractivity contribution in [3.63, 3.8) is 0 Å². The summed E-state index contributed by atoms with van der Waals surface area (Å²) in [5.74, 6) is 0. The molecule has 0 heterocycles. The first-order valence-corrected chi connectivity index (χ1v) is 7.22. The fourth-order valence-electron chi connectivity index (χ4n) is 1.55. The van der Waals surface area contributed by atoms with Gasteiger partial charge in [0, 0.05) is 19.5 Å². The third-order valence-corrected chi connectivity index (χ3v) is 4.54. The van der Waals surface area contributed by atoms with Gasteiger partial charge in [-0.15, -0.1) is 18.5 Å². The van der Waals surface area contributed by atoms with E-state index in [9.17, 15) is 0 Å². The van der Waals surface area contributed by atoms with Gasteiger partial charge in [-0.3, -0.25) is 0 Å². The molecule has 0 N–H and O–H groups in total. The zero-order valence-electron chi connectivity index (χ0n) is 12.0. The molecule has 0 saturated carbocycles. The summed E-state index contributed by atoms with van der Waals surface area (Å²) < 4.78 is 0. The van der Waals surface area contributed by atoms with Crippen LogP contribution in [0.15, 0.2) is 36.4 Å². The number of hydrogen-bond acceptors (Lipinski definition) is 0. The van der Waals surface area contributed by atoms with Crippen LogP contribution in [0.4, 0.5) is 0 Å². The third kappa shape index (κ3) is 5.83. The molecular formula is C16H22P2Ru. The SMILES string of the molecule is Cc1cccc(P)c1C.Cc1cccc(P)c1C.[Ru]. The Balaban J connectivity index is 0.000000324. The van der Waals surface area contributed by atoms with E-state index in [2.05, 4.69) is 82.6 Å². The largest absolute Gasteiger partial charge is 0.105 e. The molecule has 0 nitrogen and oxygen atoms in total. The first kappa shape index (κ1) is 18.9. The fourth-order valence-corrected chi connectivity index (χ4v) is 2.23. The van der Waals surface area contributed by atoms with Crippen LogP contribution >= 0.6 is 18.5 Å². The molecule has 2 aromatic rings. The van der Waals surface area contributed by atoms with Gasteiger partial charge in [-0.1, -0.05) is 36.4 Å². The van der Waals surface area contributed by atoms with Crippen molar-refractivity contribution in [2.24, 2.45) is 0 Å². The molecular weight excluding hydrogens is 355 g/mol. The van der Waals surface area contributed by atoms with Crippen molar-refractivity contribution < 1.29 is 19.5 Å². The van der Waals surface area contributed by atoms with E-state index >= 15 is 0 Å². The summed E-state index contributed by atoms with van der Waals surface area (Å²) in [5, 5.41) is 2.60.